The van der Waals surface area contributed by atoms with E-state index in [-0.39, 0.29) is 5.91 Å². The van der Waals surface area contributed by atoms with Crippen LogP contribution in [0.1, 0.15) is 11.1 Å². The summed E-state index contributed by atoms with van der Waals surface area (Å²) in [6.07, 6.45) is 1.72. The maximum atomic E-state index is 12.6. The van der Waals surface area contributed by atoms with Crippen LogP contribution in [-0.4, -0.2) is 10.9 Å². The summed E-state index contributed by atoms with van der Waals surface area (Å²) in [5.41, 5.74) is 10.3. The van der Waals surface area contributed by atoms with Crippen LogP contribution in [0.5, 0.6) is 0 Å². The fourth-order valence-electron chi connectivity index (χ4n) is 2.71. The van der Waals surface area contributed by atoms with Gasteiger partial charge in [-0.3, -0.25) is 4.79 Å². The van der Waals surface area contributed by atoms with Gasteiger partial charge < -0.3 is 16.4 Å². The molecule has 3 aromatic rings. The minimum absolute atomic E-state index is 0.154. The van der Waals surface area contributed by atoms with Gasteiger partial charge in [-0.1, -0.05) is 30.3 Å². The summed E-state index contributed by atoms with van der Waals surface area (Å²) in [6, 6.07) is 15.1. The third-order valence-corrected chi connectivity index (χ3v) is 4.45. The van der Waals surface area contributed by atoms with Gasteiger partial charge in [-0.15, -0.1) is 11.3 Å². The minimum Gasteiger partial charge on any atom is -0.399 e. The lowest BCUT2D eigenvalue weighted by molar-refractivity contribution is -0.110. The third kappa shape index (κ3) is 2.53. The number of nitrogens with one attached hydrogen (secondary N) is 2. The van der Waals surface area contributed by atoms with Crippen molar-refractivity contribution in [2.45, 2.75) is 0 Å². The van der Waals surface area contributed by atoms with E-state index in [2.05, 4.69) is 15.6 Å². The van der Waals surface area contributed by atoms with Gasteiger partial charge in [0.05, 0.1) is 11.3 Å². The number of anilines is 3. The Bertz CT molecular complexity index is 933. The van der Waals surface area contributed by atoms with E-state index in [1.807, 2.05) is 47.8 Å². The number of carbonyl (C=O) groups excluding carboxylic acids is 1. The molecule has 1 amide bonds. The van der Waals surface area contributed by atoms with Crippen LogP contribution in [0.25, 0.3) is 11.3 Å². The van der Waals surface area contributed by atoms with Crippen LogP contribution < -0.4 is 16.4 Å². The summed E-state index contributed by atoms with van der Waals surface area (Å²) in [7, 11) is 0. The lowest BCUT2D eigenvalue weighted by Gasteiger charge is -2.12. The predicted molar refractivity (Wildman–Crippen MR) is 98.5 cm³/mol. The Balaban J connectivity index is 1.94. The number of benzene rings is 2. The van der Waals surface area contributed by atoms with Crippen molar-refractivity contribution in [2.24, 2.45) is 0 Å². The van der Waals surface area contributed by atoms with Crippen molar-refractivity contribution in [3.8, 4) is 0 Å². The molecule has 1 aliphatic heterocycles. The molecule has 0 radical (unpaired) electrons. The van der Waals surface area contributed by atoms with E-state index >= 15 is 0 Å². The first kappa shape index (κ1) is 14.5. The number of rotatable bonds is 3. The van der Waals surface area contributed by atoms with Crippen LogP contribution in [0.3, 0.4) is 0 Å². The Hall–Kier alpha value is -3.12. The van der Waals surface area contributed by atoms with Crippen LogP contribution in [0.2, 0.25) is 0 Å². The first-order valence-electron chi connectivity index (χ1n) is 7.40. The van der Waals surface area contributed by atoms with E-state index in [0.29, 0.717) is 17.0 Å². The number of nitrogens with zero attached hydrogens (tertiary/aromatic N) is 1. The number of hydrogen-bond donors (Lipinski definition) is 3. The highest BCUT2D eigenvalue weighted by molar-refractivity contribution is 7.13. The molecule has 2 heterocycles. The van der Waals surface area contributed by atoms with Crippen LogP contribution in [0, 0.1) is 0 Å². The van der Waals surface area contributed by atoms with Crippen molar-refractivity contribution in [1.82, 2.24) is 4.98 Å². The molecule has 24 heavy (non-hydrogen) atoms. The largest absolute Gasteiger partial charge is 0.399 e. The van der Waals surface area contributed by atoms with Gasteiger partial charge in [0.15, 0.2) is 5.13 Å². The first-order valence-corrected chi connectivity index (χ1v) is 8.28. The average molecular weight is 334 g/mol. The summed E-state index contributed by atoms with van der Waals surface area (Å²) in [5.74, 6) is -0.154. The molecule has 5 nitrogen and oxygen atoms in total. The second-order valence-corrected chi connectivity index (χ2v) is 6.23. The van der Waals surface area contributed by atoms with Gasteiger partial charge in [-0.05, 0) is 23.8 Å². The number of amides is 1. The number of thiazole rings is 1. The van der Waals surface area contributed by atoms with Crippen molar-refractivity contribution in [2.75, 3.05) is 16.4 Å². The molecule has 0 bridgehead atoms. The predicted octanol–water partition coefficient (Wildman–Crippen LogP) is 3.66. The number of fused-ring (bicyclic) bond motifs is 1. The fourth-order valence-corrected chi connectivity index (χ4v) is 3.24. The normalized spacial score (nSPS) is 14.9. The molecule has 0 spiro atoms. The Morgan fingerprint density at radius 1 is 1.17 bits per heavy atom. The van der Waals surface area contributed by atoms with E-state index < -0.39 is 0 Å². The van der Waals surface area contributed by atoms with Gasteiger partial charge >= 0.3 is 0 Å². The standard InChI is InChI=1S/C18H14N4OS/c19-12-6-7-14-13(10-12)15(17(23)21-14)16(11-4-2-1-3-5-11)22-18-20-8-9-24-18/h1-10H,19H2,(H,20,22)(H,21,23). The molecule has 2 aromatic carbocycles. The Morgan fingerprint density at radius 3 is 2.75 bits per heavy atom. The van der Waals surface area contributed by atoms with Crippen LogP contribution in [0.15, 0.2) is 60.1 Å². The maximum Gasteiger partial charge on any atom is 0.258 e. The van der Waals surface area contributed by atoms with Gasteiger partial charge in [-0.2, -0.15) is 0 Å². The number of hydrogen-bond acceptors (Lipinski definition) is 5. The molecule has 118 valence electrons. The third-order valence-electron chi connectivity index (χ3n) is 3.76. The highest BCUT2D eigenvalue weighted by Gasteiger charge is 2.28. The second-order valence-electron chi connectivity index (χ2n) is 5.34. The van der Waals surface area contributed by atoms with E-state index in [0.717, 1.165) is 21.9 Å². The summed E-state index contributed by atoms with van der Waals surface area (Å²) < 4.78 is 0. The minimum atomic E-state index is -0.154. The SMILES string of the molecule is Nc1ccc2c(c1)C(=C(Nc1nccs1)c1ccccc1)C(=O)N2. The Morgan fingerprint density at radius 2 is 2.00 bits per heavy atom. The molecular formula is C18H14N4OS. The molecule has 0 unspecified atom stereocenters. The monoisotopic (exact) mass is 334 g/mol. The zero-order valence-corrected chi connectivity index (χ0v) is 13.4. The van der Waals surface area contributed by atoms with Crippen LogP contribution in [-0.2, 0) is 4.79 Å². The smallest absolute Gasteiger partial charge is 0.258 e. The summed E-state index contributed by atoms with van der Waals surface area (Å²) in [6.45, 7) is 0. The van der Waals surface area contributed by atoms with Crippen molar-refractivity contribution >= 4 is 45.0 Å². The highest BCUT2D eigenvalue weighted by atomic mass is 32.1. The molecule has 0 fully saturated rings. The number of carbonyl (C=O) groups is 1. The quantitative estimate of drug-likeness (QED) is 0.504. The van der Waals surface area contributed by atoms with Crippen molar-refractivity contribution in [3.05, 3.63) is 71.2 Å². The zero-order chi connectivity index (χ0) is 16.5. The topological polar surface area (TPSA) is 80.0 Å². The van der Waals surface area contributed by atoms with Crippen LogP contribution in [0.4, 0.5) is 16.5 Å². The zero-order valence-electron chi connectivity index (χ0n) is 12.6. The molecule has 1 aliphatic rings. The molecule has 0 saturated carbocycles. The van der Waals surface area contributed by atoms with Gasteiger partial charge in [0.1, 0.15) is 0 Å². The number of nitrogen functional groups attached to an aromatic ring is 1. The van der Waals surface area contributed by atoms with Gasteiger partial charge in [0.25, 0.3) is 5.91 Å². The summed E-state index contributed by atoms with van der Waals surface area (Å²) in [5, 5.41) is 8.80. The molecule has 0 aliphatic carbocycles. The number of aromatic nitrogens is 1. The Labute approximate surface area is 142 Å². The summed E-state index contributed by atoms with van der Waals surface area (Å²) in [4.78, 5) is 16.9. The fraction of sp³-hybridized carbons (Fsp3) is 0. The molecule has 6 heteroatoms. The molecule has 4 N–H and O–H groups in total. The molecule has 4 rings (SSSR count). The van der Waals surface area contributed by atoms with Crippen LogP contribution >= 0.6 is 11.3 Å². The van der Waals surface area contributed by atoms with E-state index in [1.54, 1.807) is 12.3 Å². The van der Waals surface area contributed by atoms with E-state index in [4.69, 9.17) is 5.73 Å². The maximum absolute atomic E-state index is 12.6. The molecule has 0 saturated heterocycles. The van der Waals surface area contributed by atoms with Gasteiger partial charge in [-0.25, -0.2) is 4.98 Å². The van der Waals surface area contributed by atoms with E-state index in [1.165, 1.54) is 11.3 Å². The lowest BCUT2D eigenvalue weighted by atomic mass is 10.00. The molecule has 1 aromatic heterocycles. The average Bonchev–Trinajstić information content (AvgIpc) is 3.20. The lowest BCUT2D eigenvalue weighted by Crippen LogP contribution is -2.10. The van der Waals surface area contributed by atoms with Gasteiger partial charge in [0.2, 0.25) is 0 Å². The van der Waals surface area contributed by atoms with Gasteiger partial charge in [0, 0.05) is 28.5 Å². The first-order chi connectivity index (χ1) is 11.7. The number of nitrogens with two attached hydrogens (primary N) is 1. The van der Waals surface area contributed by atoms with Crippen molar-refractivity contribution in [1.29, 1.82) is 0 Å². The highest BCUT2D eigenvalue weighted by Crippen LogP contribution is 2.38. The Kier molecular flexibility index (Phi) is 3.51. The second kappa shape index (κ2) is 5.82. The molecular weight excluding hydrogens is 320 g/mol. The molecule has 0 atom stereocenters. The van der Waals surface area contributed by atoms with E-state index in [9.17, 15) is 4.79 Å². The van der Waals surface area contributed by atoms with Crippen molar-refractivity contribution in [3.63, 3.8) is 0 Å². The summed E-state index contributed by atoms with van der Waals surface area (Å²) >= 11 is 1.48. The van der Waals surface area contributed by atoms with Crippen molar-refractivity contribution < 1.29 is 4.79 Å².